The molecule has 2 rings (SSSR count). The van der Waals surface area contributed by atoms with Crippen LogP contribution in [0.4, 0.5) is 0 Å². The average Bonchev–Trinajstić information content (AvgIpc) is 2.62. The molecule has 0 aliphatic rings. The second-order valence-electron chi connectivity index (χ2n) is 5.16. The smallest absolute Gasteiger partial charge is 0.244 e. The molecule has 1 amide bonds. The van der Waals surface area contributed by atoms with Gasteiger partial charge in [0, 0.05) is 24.1 Å². The monoisotopic (exact) mass is 341 g/mol. The van der Waals surface area contributed by atoms with Gasteiger partial charge in [0.25, 0.3) is 0 Å². The molecule has 0 unspecified atom stereocenters. The second kappa shape index (κ2) is 10.6. The Morgan fingerprint density at radius 3 is 2.58 bits per heavy atom. The first-order valence-electron chi connectivity index (χ1n) is 8.08. The third-order valence-electron chi connectivity index (χ3n) is 3.28. The lowest BCUT2D eigenvalue weighted by Crippen LogP contribution is -2.23. The molecule has 0 aromatic heterocycles. The summed E-state index contributed by atoms with van der Waals surface area (Å²) in [4.78, 5) is 11.8. The van der Waals surface area contributed by atoms with Gasteiger partial charge in [-0.2, -0.15) is 11.8 Å². The molecule has 2 aromatic rings. The molecule has 0 saturated heterocycles. The number of amides is 1. The zero-order valence-electron chi connectivity index (χ0n) is 13.9. The highest BCUT2D eigenvalue weighted by molar-refractivity contribution is 7.98. The number of carbonyl (C=O) groups is 1. The van der Waals surface area contributed by atoms with Crippen LogP contribution in [-0.4, -0.2) is 24.8 Å². The van der Waals surface area contributed by atoms with Crippen molar-refractivity contribution in [3.8, 4) is 5.75 Å². The van der Waals surface area contributed by atoms with Crippen LogP contribution in [0.2, 0.25) is 0 Å². The summed E-state index contributed by atoms with van der Waals surface area (Å²) in [6.07, 6.45) is 3.37. The molecule has 0 fully saturated rings. The zero-order valence-corrected chi connectivity index (χ0v) is 14.7. The van der Waals surface area contributed by atoms with Gasteiger partial charge in [0.1, 0.15) is 5.75 Å². The average molecular weight is 341 g/mol. The summed E-state index contributed by atoms with van der Waals surface area (Å²) in [6.45, 7) is 3.28. The number of hydrogen-bond donors (Lipinski definition) is 1. The lowest BCUT2D eigenvalue weighted by Gasteiger charge is -2.03. The van der Waals surface area contributed by atoms with Crippen LogP contribution in [0.15, 0.2) is 60.7 Å². The highest BCUT2D eigenvalue weighted by Gasteiger charge is 1.97. The first-order chi connectivity index (χ1) is 11.8. The molecule has 2 aromatic carbocycles. The highest BCUT2D eigenvalue weighted by atomic mass is 32.2. The number of carbonyl (C=O) groups excluding carboxylic acids is 1. The number of rotatable bonds is 9. The van der Waals surface area contributed by atoms with Gasteiger partial charge in [0.2, 0.25) is 5.91 Å². The maximum atomic E-state index is 11.8. The van der Waals surface area contributed by atoms with Crippen molar-refractivity contribution in [1.29, 1.82) is 0 Å². The van der Waals surface area contributed by atoms with Crippen LogP contribution >= 0.6 is 11.8 Å². The number of benzene rings is 2. The molecule has 3 nitrogen and oxygen atoms in total. The number of nitrogens with one attached hydrogen (secondary N) is 1. The molecule has 0 radical (unpaired) electrons. The lowest BCUT2D eigenvalue weighted by atomic mass is 10.2. The Kier molecular flexibility index (Phi) is 7.98. The molecular formula is C20H23NO2S. The Morgan fingerprint density at radius 1 is 1.12 bits per heavy atom. The maximum absolute atomic E-state index is 11.8. The minimum absolute atomic E-state index is 0.0656. The van der Waals surface area contributed by atoms with Crippen LogP contribution in [0.1, 0.15) is 18.1 Å². The van der Waals surface area contributed by atoms with Gasteiger partial charge in [0.05, 0.1) is 6.61 Å². The summed E-state index contributed by atoms with van der Waals surface area (Å²) in [5.41, 5.74) is 2.29. The van der Waals surface area contributed by atoms with E-state index in [4.69, 9.17) is 4.74 Å². The standard InChI is InChI=1S/C20H23NO2S/c1-2-23-19-11-8-17(9-12-19)10-13-20(22)21-14-15-24-16-18-6-4-3-5-7-18/h3-13H,2,14-16H2,1H3,(H,21,22)/b13-10+. The zero-order chi connectivity index (χ0) is 17.0. The van der Waals surface area contributed by atoms with E-state index in [0.29, 0.717) is 13.2 Å². The van der Waals surface area contributed by atoms with Crippen LogP contribution in [0.3, 0.4) is 0 Å². The molecule has 0 atom stereocenters. The van der Waals surface area contributed by atoms with E-state index in [9.17, 15) is 4.79 Å². The molecule has 0 aliphatic carbocycles. The molecule has 0 bridgehead atoms. The summed E-state index contributed by atoms with van der Waals surface area (Å²) >= 11 is 1.82. The molecule has 0 aliphatic heterocycles. The minimum Gasteiger partial charge on any atom is -0.494 e. The lowest BCUT2D eigenvalue weighted by molar-refractivity contribution is -0.116. The Bertz CT molecular complexity index is 638. The van der Waals surface area contributed by atoms with Crippen LogP contribution in [0.25, 0.3) is 6.08 Å². The van der Waals surface area contributed by atoms with Gasteiger partial charge in [0.15, 0.2) is 0 Å². The maximum Gasteiger partial charge on any atom is 0.244 e. The summed E-state index contributed by atoms with van der Waals surface area (Å²) in [7, 11) is 0. The number of hydrogen-bond acceptors (Lipinski definition) is 3. The third-order valence-corrected chi connectivity index (χ3v) is 4.31. The van der Waals surface area contributed by atoms with Crippen molar-refractivity contribution in [2.45, 2.75) is 12.7 Å². The first kappa shape index (κ1) is 18.1. The summed E-state index contributed by atoms with van der Waals surface area (Å²) in [5, 5.41) is 2.90. The fourth-order valence-corrected chi connectivity index (χ4v) is 2.90. The largest absolute Gasteiger partial charge is 0.494 e. The van der Waals surface area contributed by atoms with Crippen molar-refractivity contribution in [1.82, 2.24) is 5.32 Å². The van der Waals surface area contributed by atoms with Crippen molar-refractivity contribution < 1.29 is 9.53 Å². The van der Waals surface area contributed by atoms with Gasteiger partial charge in [-0.15, -0.1) is 0 Å². The topological polar surface area (TPSA) is 38.3 Å². The van der Waals surface area contributed by atoms with E-state index in [0.717, 1.165) is 22.8 Å². The highest BCUT2D eigenvalue weighted by Crippen LogP contribution is 2.13. The summed E-state index contributed by atoms with van der Waals surface area (Å²) in [6, 6.07) is 18.0. The molecule has 0 spiro atoms. The van der Waals surface area contributed by atoms with Gasteiger partial charge in [-0.05, 0) is 36.3 Å². The molecule has 0 heterocycles. The van der Waals surface area contributed by atoms with Crippen LogP contribution in [-0.2, 0) is 10.5 Å². The van der Waals surface area contributed by atoms with Crippen molar-refractivity contribution >= 4 is 23.7 Å². The number of thioether (sulfide) groups is 1. The molecule has 1 N–H and O–H groups in total. The summed E-state index contributed by atoms with van der Waals surface area (Å²) < 4.78 is 5.39. The van der Waals surface area contributed by atoms with E-state index in [-0.39, 0.29) is 5.91 Å². The van der Waals surface area contributed by atoms with E-state index in [1.807, 2.05) is 67.2 Å². The van der Waals surface area contributed by atoms with Gasteiger partial charge in [-0.3, -0.25) is 4.79 Å². The van der Waals surface area contributed by atoms with Crippen LogP contribution in [0.5, 0.6) is 5.75 Å². The van der Waals surface area contributed by atoms with Gasteiger partial charge in [-0.1, -0.05) is 42.5 Å². The molecule has 126 valence electrons. The second-order valence-corrected chi connectivity index (χ2v) is 6.27. The molecule has 0 saturated carbocycles. The Balaban J connectivity index is 1.63. The Labute approximate surface area is 148 Å². The van der Waals surface area contributed by atoms with Crippen molar-refractivity contribution in [2.24, 2.45) is 0 Å². The Morgan fingerprint density at radius 2 is 1.88 bits per heavy atom. The van der Waals surface area contributed by atoms with Gasteiger partial charge >= 0.3 is 0 Å². The summed E-state index contributed by atoms with van der Waals surface area (Å²) in [5.74, 6) is 2.65. The molecular weight excluding hydrogens is 318 g/mol. The van der Waals surface area contributed by atoms with Crippen LogP contribution < -0.4 is 10.1 Å². The van der Waals surface area contributed by atoms with E-state index in [2.05, 4.69) is 17.4 Å². The third kappa shape index (κ3) is 6.92. The van der Waals surface area contributed by atoms with Gasteiger partial charge < -0.3 is 10.1 Å². The van der Waals surface area contributed by atoms with Crippen molar-refractivity contribution in [3.63, 3.8) is 0 Å². The molecule has 4 heteroatoms. The quantitative estimate of drug-likeness (QED) is 0.550. The molecule has 24 heavy (non-hydrogen) atoms. The fourth-order valence-electron chi connectivity index (χ4n) is 2.08. The van der Waals surface area contributed by atoms with E-state index >= 15 is 0 Å². The SMILES string of the molecule is CCOc1ccc(/C=C/C(=O)NCCSCc2ccccc2)cc1. The normalized spacial score (nSPS) is 10.7. The first-order valence-corrected chi connectivity index (χ1v) is 9.24. The predicted octanol–water partition coefficient (Wildman–Crippen LogP) is 4.15. The van der Waals surface area contributed by atoms with Crippen molar-refractivity contribution in [2.75, 3.05) is 18.9 Å². The number of ether oxygens (including phenoxy) is 1. The van der Waals surface area contributed by atoms with E-state index < -0.39 is 0 Å². The predicted molar refractivity (Wildman–Crippen MR) is 102 cm³/mol. The van der Waals surface area contributed by atoms with Crippen LogP contribution in [0, 0.1) is 0 Å². The van der Waals surface area contributed by atoms with E-state index in [1.54, 1.807) is 6.08 Å². The van der Waals surface area contributed by atoms with Gasteiger partial charge in [-0.25, -0.2) is 0 Å². The Hall–Kier alpha value is -2.20. The van der Waals surface area contributed by atoms with Crippen molar-refractivity contribution in [3.05, 3.63) is 71.8 Å². The minimum atomic E-state index is -0.0656. The fraction of sp³-hybridized carbons (Fsp3) is 0.250. The van der Waals surface area contributed by atoms with E-state index in [1.165, 1.54) is 5.56 Å².